The summed E-state index contributed by atoms with van der Waals surface area (Å²) in [5.74, 6) is 1.08. The van der Waals surface area contributed by atoms with E-state index in [1.54, 1.807) is 12.4 Å². The van der Waals surface area contributed by atoms with Gasteiger partial charge < -0.3 is 15.5 Å². The number of aromatic nitrogens is 4. The van der Waals surface area contributed by atoms with Crippen molar-refractivity contribution in [1.29, 1.82) is 0 Å². The third-order valence-corrected chi connectivity index (χ3v) is 7.96. The Morgan fingerprint density at radius 1 is 1.08 bits per heavy atom. The summed E-state index contributed by atoms with van der Waals surface area (Å²) in [6.45, 7) is 6.01. The Morgan fingerprint density at radius 2 is 1.95 bits per heavy atom. The molecule has 0 unspecified atom stereocenters. The monoisotopic (exact) mass is 512 g/mol. The second kappa shape index (κ2) is 9.53. The first kappa shape index (κ1) is 23.5. The quantitative estimate of drug-likeness (QED) is 0.291. The summed E-state index contributed by atoms with van der Waals surface area (Å²) in [5.41, 5.74) is 9.90. The van der Waals surface area contributed by atoms with E-state index in [1.807, 2.05) is 31.2 Å². The Hall–Kier alpha value is -3.89. The summed E-state index contributed by atoms with van der Waals surface area (Å²) in [4.78, 5) is 37.5. The normalized spacial score (nSPS) is 15.6. The molecule has 1 aromatic carbocycles. The van der Waals surface area contributed by atoms with Crippen molar-refractivity contribution >= 4 is 49.1 Å². The van der Waals surface area contributed by atoms with Crippen LogP contribution < -0.4 is 16.1 Å². The van der Waals surface area contributed by atoms with E-state index in [1.165, 1.54) is 11.3 Å². The molecule has 37 heavy (non-hydrogen) atoms. The van der Waals surface area contributed by atoms with Crippen LogP contribution in [0.15, 0.2) is 58.6 Å². The van der Waals surface area contributed by atoms with E-state index in [0.717, 1.165) is 59.2 Å². The summed E-state index contributed by atoms with van der Waals surface area (Å²) in [5, 5.41) is 0.528. The van der Waals surface area contributed by atoms with E-state index in [4.69, 9.17) is 10.7 Å². The number of thiazole rings is 1. The molecule has 0 spiro atoms. The number of pyridine rings is 2. The number of hydrogen-bond donors (Lipinski definition) is 1. The second-order valence-electron chi connectivity index (χ2n) is 9.45. The Bertz CT molecular complexity index is 1710. The Labute approximate surface area is 217 Å². The maximum Gasteiger partial charge on any atom is 0.203 e. The number of anilines is 1. The van der Waals surface area contributed by atoms with E-state index in [0.29, 0.717) is 22.3 Å². The molecule has 0 radical (unpaired) electrons. The highest BCUT2D eigenvalue weighted by atomic mass is 32.1. The lowest BCUT2D eigenvalue weighted by Crippen LogP contribution is -2.30. The van der Waals surface area contributed by atoms with Crippen LogP contribution in [0, 0.1) is 6.92 Å². The van der Waals surface area contributed by atoms with Crippen LogP contribution in [0.1, 0.15) is 23.4 Å². The molecule has 10 heteroatoms. The topological polar surface area (TPSA) is 105 Å². The summed E-state index contributed by atoms with van der Waals surface area (Å²) in [6.07, 6.45) is 4.45. The molecular weight excluding hydrogens is 484 g/mol. The van der Waals surface area contributed by atoms with Gasteiger partial charge in [-0.3, -0.25) is 24.2 Å². The molecule has 6 rings (SSSR count). The molecule has 5 aromatic rings. The SMILES string of the molecule is Cc1cnc(CN=C(N)c2c(=O)c3ccc(N4CCCN(C)CC4)nc3n3c2sc2ccccc23)cn1. The molecule has 5 heterocycles. The molecule has 9 nitrogen and oxygen atoms in total. The number of amidine groups is 1. The fraction of sp³-hybridized carbons (Fsp3) is 0.296. The zero-order valence-electron chi connectivity index (χ0n) is 20.9. The van der Waals surface area contributed by atoms with Crippen LogP contribution in [-0.2, 0) is 6.54 Å². The van der Waals surface area contributed by atoms with Gasteiger partial charge in [0.05, 0.1) is 45.3 Å². The number of hydrogen-bond acceptors (Lipinski definition) is 8. The third kappa shape index (κ3) is 4.32. The first-order valence-corrected chi connectivity index (χ1v) is 13.2. The number of para-hydroxylation sites is 1. The maximum atomic E-state index is 13.8. The number of nitrogens with zero attached hydrogens (tertiary/aromatic N) is 7. The predicted octanol–water partition coefficient (Wildman–Crippen LogP) is 3.21. The Morgan fingerprint density at radius 3 is 2.78 bits per heavy atom. The van der Waals surface area contributed by atoms with Crippen molar-refractivity contribution in [3.05, 3.63) is 76.0 Å². The van der Waals surface area contributed by atoms with Gasteiger partial charge in [-0.25, -0.2) is 4.98 Å². The van der Waals surface area contributed by atoms with Crippen molar-refractivity contribution in [2.75, 3.05) is 38.1 Å². The summed E-state index contributed by atoms with van der Waals surface area (Å²) >= 11 is 1.53. The average Bonchev–Trinajstić information content (AvgIpc) is 3.15. The standard InChI is InChI=1S/C27H28N8OS/c1-17-14-30-18(15-29-17)16-31-25(28)23-24(36)19-8-9-22(34-11-5-10-33(2)12-13-34)32-26(19)35-20-6-3-4-7-21(20)37-27(23)35/h3-4,6-9,14-15H,5,10-13,16H2,1-2H3,(H2,28,31). The second-order valence-corrected chi connectivity index (χ2v) is 10.5. The van der Waals surface area contributed by atoms with Crippen molar-refractivity contribution in [2.24, 2.45) is 10.7 Å². The van der Waals surface area contributed by atoms with E-state index in [2.05, 4.69) is 48.3 Å². The fourth-order valence-electron chi connectivity index (χ4n) is 4.80. The van der Waals surface area contributed by atoms with E-state index >= 15 is 0 Å². The minimum atomic E-state index is -0.160. The van der Waals surface area contributed by atoms with E-state index in [9.17, 15) is 4.79 Å². The van der Waals surface area contributed by atoms with E-state index in [-0.39, 0.29) is 17.8 Å². The van der Waals surface area contributed by atoms with Gasteiger partial charge in [0, 0.05) is 25.8 Å². The highest BCUT2D eigenvalue weighted by Crippen LogP contribution is 2.31. The van der Waals surface area contributed by atoms with Crippen LogP contribution in [0.3, 0.4) is 0 Å². The molecule has 0 atom stereocenters. The highest BCUT2D eigenvalue weighted by Gasteiger charge is 2.22. The van der Waals surface area contributed by atoms with Gasteiger partial charge >= 0.3 is 0 Å². The van der Waals surface area contributed by atoms with Gasteiger partial charge in [0.1, 0.15) is 16.5 Å². The molecule has 0 saturated carbocycles. The van der Waals surface area contributed by atoms with Gasteiger partial charge in [-0.1, -0.05) is 12.1 Å². The van der Waals surface area contributed by atoms with Crippen molar-refractivity contribution in [3.8, 4) is 0 Å². The van der Waals surface area contributed by atoms with Crippen LogP contribution in [0.5, 0.6) is 0 Å². The van der Waals surface area contributed by atoms with E-state index < -0.39 is 0 Å². The van der Waals surface area contributed by atoms with Crippen LogP contribution >= 0.6 is 11.3 Å². The maximum absolute atomic E-state index is 13.8. The van der Waals surface area contributed by atoms with Crippen molar-refractivity contribution in [3.63, 3.8) is 0 Å². The molecule has 1 aliphatic heterocycles. The minimum Gasteiger partial charge on any atom is -0.383 e. The number of likely N-dealkylation sites (N-methyl/N-ethyl adjacent to an activating group) is 1. The zero-order valence-corrected chi connectivity index (χ0v) is 21.7. The zero-order chi connectivity index (χ0) is 25.5. The molecule has 188 valence electrons. The molecule has 0 aliphatic carbocycles. The van der Waals surface area contributed by atoms with Gasteiger partial charge in [0.25, 0.3) is 0 Å². The third-order valence-electron chi connectivity index (χ3n) is 6.82. The summed E-state index contributed by atoms with van der Waals surface area (Å²) < 4.78 is 3.12. The van der Waals surface area contributed by atoms with Gasteiger partial charge in [0.2, 0.25) is 5.43 Å². The Kier molecular flexibility index (Phi) is 6.05. The first-order chi connectivity index (χ1) is 18.0. The van der Waals surface area contributed by atoms with Crippen molar-refractivity contribution in [2.45, 2.75) is 19.9 Å². The lowest BCUT2D eigenvalue weighted by Gasteiger charge is -2.22. The van der Waals surface area contributed by atoms with Gasteiger partial charge in [-0.15, -0.1) is 11.3 Å². The highest BCUT2D eigenvalue weighted by molar-refractivity contribution is 7.24. The van der Waals surface area contributed by atoms with Crippen LogP contribution in [0.4, 0.5) is 5.82 Å². The number of aryl methyl sites for hydroxylation is 1. The van der Waals surface area contributed by atoms with Crippen LogP contribution in [-0.4, -0.2) is 63.3 Å². The number of rotatable bonds is 4. The van der Waals surface area contributed by atoms with Gasteiger partial charge in [-0.05, 0) is 51.2 Å². The Balaban J connectivity index is 1.53. The lowest BCUT2D eigenvalue weighted by molar-refractivity contribution is 0.360. The molecule has 1 aliphatic rings. The molecule has 4 aromatic heterocycles. The number of aliphatic imine (C=N–C) groups is 1. The number of benzene rings is 1. The summed E-state index contributed by atoms with van der Waals surface area (Å²) in [6, 6.07) is 11.9. The van der Waals surface area contributed by atoms with Gasteiger partial charge in [-0.2, -0.15) is 0 Å². The smallest absolute Gasteiger partial charge is 0.203 e. The van der Waals surface area contributed by atoms with Gasteiger partial charge in [0.15, 0.2) is 5.65 Å². The minimum absolute atomic E-state index is 0.160. The van der Waals surface area contributed by atoms with Crippen LogP contribution in [0.25, 0.3) is 26.1 Å². The molecule has 0 bridgehead atoms. The van der Waals surface area contributed by atoms with Crippen LogP contribution in [0.2, 0.25) is 0 Å². The first-order valence-electron chi connectivity index (χ1n) is 12.4. The lowest BCUT2D eigenvalue weighted by atomic mass is 10.1. The predicted molar refractivity (Wildman–Crippen MR) is 150 cm³/mol. The average molecular weight is 513 g/mol. The molecule has 1 fully saturated rings. The molecule has 1 saturated heterocycles. The van der Waals surface area contributed by atoms with Crippen molar-refractivity contribution < 1.29 is 0 Å². The largest absolute Gasteiger partial charge is 0.383 e. The molecule has 0 amide bonds. The van der Waals surface area contributed by atoms with Crippen molar-refractivity contribution in [1.82, 2.24) is 24.3 Å². The number of fused-ring (bicyclic) bond motifs is 5. The summed E-state index contributed by atoms with van der Waals surface area (Å²) in [7, 11) is 2.15. The molecular formula is C27H28N8OS. The molecule has 2 N–H and O–H groups in total. The number of nitrogens with two attached hydrogens (primary N) is 1. The fourth-order valence-corrected chi connectivity index (χ4v) is 6.00.